The van der Waals surface area contributed by atoms with E-state index in [2.05, 4.69) is 10.6 Å². The summed E-state index contributed by atoms with van der Waals surface area (Å²) in [7, 11) is 0. The summed E-state index contributed by atoms with van der Waals surface area (Å²) in [6, 6.07) is 7.34. The number of carbonyl (C=O) groups excluding carboxylic acids is 1. The largest absolute Gasteiger partial charge is 0.444 e. The van der Waals surface area contributed by atoms with Gasteiger partial charge in [-0.2, -0.15) is 0 Å². The van der Waals surface area contributed by atoms with Crippen molar-refractivity contribution in [3.8, 4) is 0 Å². The van der Waals surface area contributed by atoms with Crippen molar-refractivity contribution in [2.45, 2.75) is 26.4 Å². The molecule has 1 aromatic rings. The molecule has 0 spiro atoms. The van der Waals surface area contributed by atoms with Gasteiger partial charge in [-0.1, -0.05) is 12.1 Å². The molecule has 1 amide bonds. The van der Waals surface area contributed by atoms with Crippen LogP contribution < -0.4 is 16.4 Å². The monoisotopic (exact) mass is 237 g/mol. The quantitative estimate of drug-likeness (QED) is 0.556. The Morgan fingerprint density at radius 2 is 2.00 bits per heavy atom. The van der Waals surface area contributed by atoms with Crippen molar-refractivity contribution in [2.75, 3.05) is 17.7 Å². The zero-order valence-electron chi connectivity index (χ0n) is 10.4. The van der Waals surface area contributed by atoms with E-state index in [4.69, 9.17) is 10.5 Å². The average molecular weight is 237 g/mol. The van der Waals surface area contributed by atoms with Gasteiger partial charge in [0.25, 0.3) is 0 Å². The summed E-state index contributed by atoms with van der Waals surface area (Å²) < 4.78 is 5.08. The molecule has 0 radical (unpaired) electrons. The van der Waals surface area contributed by atoms with Crippen LogP contribution in [0.1, 0.15) is 20.8 Å². The van der Waals surface area contributed by atoms with Gasteiger partial charge in [0, 0.05) is 0 Å². The smallest absolute Gasteiger partial charge is 0.409 e. The number of carbonyl (C=O) groups is 1. The summed E-state index contributed by atoms with van der Waals surface area (Å²) in [6.45, 7) is 5.71. The SMILES string of the molecule is CC(C)(C)OC(=O)NCNc1ccccc1N. The van der Waals surface area contributed by atoms with E-state index in [0.29, 0.717) is 5.69 Å². The maximum atomic E-state index is 11.3. The molecule has 4 N–H and O–H groups in total. The zero-order chi connectivity index (χ0) is 12.9. The summed E-state index contributed by atoms with van der Waals surface area (Å²) >= 11 is 0. The second-order valence-electron chi connectivity index (χ2n) is 4.62. The minimum Gasteiger partial charge on any atom is -0.444 e. The molecule has 0 saturated carbocycles. The zero-order valence-corrected chi connectivity index (χ0v) is 10.4. The molecule has 0 heterocycles. The lowest BCUT2D eigenvalue weighted by Crippen LogP contribution is -2.35. The minimum absolute atomic E-state index is 0.267. The second kappa shape index (κ2) is 5.43. The third-order valence-electron chi connectivity index (χ3n) is 1.87. The Bertz CT molecular complexity index is 386. The molecular formula is C12H19N3O2. The van der Waals surface area contributed by atoms with E-state index >= 15 is 0 Å². The van der Waals surface area contributed by atoms with Crippen LogP contribution in [0.5, 0.6) is 0 Å². The third kappa shape index (κ3) is 5.10. The molecule has 0 aliphatic heterocycles. The van der Waals surface area contributed by atoms with Gasteiger partial charge in [-0.15, -0.1) is 0 Å². The normalized spacial score (nSPS) is 10.8. The molecule has 94 valence electrons. The Morgan fingerprint density at radius 1 is 1.35 bits per heavy atom. The van der Waals surface area contributed by atoms with Gasteiger partial charge in [0.05, 0.1) is 18.0 Å². The molecule has 1 rings (SSSR count). The van der Waals surface area contributed by atoms with Gasteiger partial charge >= 0.3 is 6.09 Å². The Labute approximate surface area is 101 Å². The van der Waals surface area contributed by atoms with Crippen LogP contribution >= 0.6 is 0 Å². The van der Waals surface area contributed by atoms with Crippen LogP contribution in [0.3, 0.4) is 0 Å². The number of anilines is 2. The number of hydrogen-bond acceptors (Lipinski definition) is 4. The van der Waals surface area contributed by atoms with Crippen molar-refractivity contribution >= 4 is 17.5 Å². The Balaban J connectivity index is 2.34. The second-order valence-corrected chi connectivity index (χ2v) is 4.62. The van der Waals surface area contributed by atoms with Crippen LogP contribution in [0.4, 0.5) is 16.2 Å². The molecule has 0 saturated heterocycles. The molecule has 0 bridgehead atoms. The number of nitrogen functional groups attached to an aromatic ring is 1. The van der Waals surface area contributed by atoms with Crippen molar-refractivity contribution in [1.29, 1.82) is 0 Å². The maximum Gasteiger partial charge on any atom is 0.409 e. The van der Waals surface area contributed by atoms with Crippen LogP contribution in [0.15, 0.2) is 24.3 Å². The standard InChI is InChI=1S/C12H19N3O2/c1-12(2,3)17-11(16)15-8-14-10-7-5-4-6-9(10)13/h4-7,14H,8,13H2,1-3H3,(H,15,16). The highest BCUT2D eigenvalue weighted by Gasteiger charge is 2.15. The van der Waals surface area contributed by atoms with E-state index in [9.17, 15) is 4.79 Å². The number of nitrogens with two attached hydrogens (primary N) is 1. The first-order valence-electron chi connectivity index (χ1n) is 5.44. The summed E-state index contributed by atoms with van der Waals surface area (Å²) in [5, 5.41) is 5.58. The summed E-state index contributed by atoms with van der Waals surface area (Å²) in [6.07, 6.45) is -0.459. The van der Waals surface area contributed by atoms with Gasteiger partial charge in [-0.05, 0) is 32.9 Å². The van der Waals surface area contributed by atoms with E-state index in [1.54, 1.807) is 6.07 Å². The van der Waals surface area contributed by atoms with E-state index in [0.717, 1.165) is 5.69 Å². The highest BCUT2D eigenvalue weighted by atomic mass is 16.6. The van der Waals surface area contributed by atoms with Crippen molar-refractivity contribution < 1.29 is 9.53 Å². The molecule has 0 unspecified atom stereocenters. The molecule has 0 atom stereocenters. The highest BCUT2D eigenvalue weighted by molar-refractivity contribution is 5.69. The summed E-state index contributed by atoms with van der Waals surface area (Å²) in [4.78, 5) is 11.3. The molecule has 0 aliphatic carbocycles. The fraction of sp³-hybridized carbons (Fsp3) is 0.417. The first-order valence-corrected chi connectivity index (χ1v) is 5.44. The first kappa shape index (κ1) is 13.2. The molecule has 5 heteroatoms. The summed E-state index contributed by atoms with van der Waals surface area (Å²) in [5.41, 5.74) is 6.66. The lowest BCUT2D eigenvalue weighted by Gasteiger charge is -2.20. The Morgan fingerprint density at radius 3 is 2.59 bits per heavy atom. The van der Waals surface area contributed by atoms with Crippen molar-refractivity contribution in [2.24, 2.45) is 0 Å². The van der Waals surface area contributed by atoms with Crippen LogP contribution in [0.25, 0.3) is 0 Å². The van der Waals surface area contributed by atoms with E-state index in [1.807, 2.05) is 39.0 Å². The number of alkyl carbamates (subject to hydrolysis) is 1. The van der Waals surface area contributed by atoms with Gasteiger partial charge in [0.2, 0.25) is 0 Å². The molecule has 0 fully saturated rings. The van der Waals surface area contributed by atoms with E-state index < -0.39 is 11.7 Å². The van der Waals surface area contributed by atoms with Crippen LogP contribution in [-0.4, -0.2) is 18.4 Å². The Kier molecular flexibility index (Phi) is 4.20. The lowest BCUT2D eigenvalue weighted by molar-refractivity contribution is 0.0532. The van der Waals surface area contributed by atoms with Crippen molar-refractivity contribution in [3.05, 3.63) is 24.3 Å². The van der Waals surface area contributed by atoms with Crippen LogP contribution in [0, 0.1) is 0 Å². The molecule has 17 heavy (non-hydrogen) atoms. The first-order chi connectivity index (χ1) is 7.88. The maximum absolute atomic E-state index is 11.3. The van der Waals surface area contributed by atoms with Gasteiger partial charge in [0.1, 0.15) is 5.60 Å². The molecule has 0 aliphatic rings. The number of ether oxygens (including phenoxy) is 1. The number of rotatable bonds is 3. The number of hydrogen-bond donors (Lipinski definition) is 3. The fourth-order valence-electron chi connectivity index (χ4n) is 1.18. The average Bonchev–Trinajstić information content (AvgIpc) is 2.18. The third-order valence-corrected chi connectivity index (χ3v) is 1.87. The molecule has 1 aromatic carbocycles. The summed E-state index contributed by atoms with van der Waals surface area (Å²) in [5.74, 6) is 0. The highest BCUT2D eigenvalue weighted by Crippen LogP contribution is 2.15. The number of amides is 1. The van der Waals surface area contributed by atoms with E-state index in [-0.39, 0.29) is 6.67 Å². The van der Waals surface area contributed by atoms with Gasteiger partial charge in [-0.3, -0.25) is 0 Å². The number of nitrogens with one attached hydrogen (secondary N) is 2. The predicted molar refractivity (Wildman–Crippen MR) is 68.7 cm³/mol. The van der Waals surface area contributed by atoms with Crippen LogP contribution in [-0.2, 0) is 4.74 Å². The van der Waals surface area contributed by atoms with Crippen molar-refractivity contribution in [3.63, 3.8) is 0 Å². The molecule has 0 aromatic heterocycles. The van der Waals surface area contributed by atoms with Gasteiger partial charge in [0.15, 0.2) is 0 Å². The van der Waals surface area contributed by atoms with E-state index in [1.165, 1.54) is 0 Å². The lowest BCUT2D eigenvalue weighted by atomic mass is 10.2. The molecular weight excluding hydrogens is 218 g/mol. The van der Waals surface area contributed by atoms with Gasteiger partial charge < -0.3 is 21.1 Å². The number of para-hydroxylation sites is 2. The molecule has 5 nitrogen and oxygen atoms in total. The minimum atomic E-state index is -0.490. The predicted octanol–water partition coefficient (Wildman–Crippen LogP) is 2.16. The fourth-order valence-corrected chi connectivity index (χ4v) is 1.18. The van der Waals surface area contributed by atoms with Crippen LogP contribution in [0.2, 0.25) is 0 Å². The van der Waals surface area contributed by atoms with Crippen molar-refractivity contribution in [1.82, 2.24) is 5.32 Å². The van der Waals surface area contributed by atoms with Gasteiger partial charge in [-0.25, -0.2) is 4.79 Å². The topological polar surface area (TPSA) is 76.4 Å². The number of benzene rings is 1. The Hall–Kier alpha value is -1.91.